The zero-order valence-electron chi connectivity index (χ0n) is 21.3. The molecular weight excluding hydrogens is 548 g/mol. The van der Waals surface area contributed by atoms with E-state index in [2.05, 4.69) is 12.2 Å². The molecule has 1 amide bonds. The molecule has 0 saturated carbocycles. The van der Waals surface area contributed by atoms with Crippen molar-refractivity contribution in [1.29, 1.82) is 0 Å². The molecule has 5 aromatic rings. The van der Waals surface area contributed by atoms with Crippen LogP contribution in [0.4, 0.5) is 11.4 Å². The molecule has 1 unspecified atom stereocenters. The maximum absolute atomic E-state index is 13.7. The maximum Gasteiger partial charge on any atom is 0.289 e. The van der Waals surface area contributed by atoms with Gasteiger partial charge >= 0.3 is 0 Å². The number of nitrogens with zero attached hydrogens (tertiary/aromatic N) is 3. The van der Waals surface area contributed by atoms with Crippen LogP contribution in [0.25, 0.3) is 16.6 Å². The zero-order chi connectivity index (χ0) is 28.2. The fourth-order valence-corrected chi connectivity index (χ4v) is 5.55. The number of nitrogens with one attached hydrogen (secondary N) is 1. The summed E-state index contributed by atoms with van der Waals surface area (Å²) in [6.07, 6.45) is 0.853. The molecule has 0 fully saturated rings. The minimum absolute atomic E-state index is 0.0320. The second kappa shape index (κ2) is 11.7. The first-order valence-corrected chi connectivity index (χ1v) is 13.7. The lowest BCUT2D eigenvalue weighted by molar-refractivity contribution is -0.384. The van der Waals surface area contributed by atoms with E-state index >= 15 is 0 Å². The van der Waals surface area contributed by atoms with Crippen molar-refractivity contribution in [2.45, 2.75) is 23.8 Å². The average molecular weight is 571 g/mol. The Kier molecular flexibility index (Phi) is 7.95. The van der Waals surface area contributed by atoms with E-state index in [0.717, 1.165) is 23.7 Å². The summed E-state index contributed by atoms with van der Waals surface area (Å²) in [7, 11) is 0. The third-order valence-electron chi connectivity index (χ3n) is 6.32. The van der Waals surface area contributed by atoms with Crippen molar-refractivity contribution in [2.24, 2.45) is 0 Å². The summed E-state index contributed by atoms with van der Waals surface area (Å²) >= 11 is 7.07. The minimum Gasteiger partial charge on any atom is -0.325 e. The van der Waals surface area contributed by atoms with E-state index in [1.165, 1.54) is 22.8 Å². The number of anilines is 1. The highest BCUT2D eigenvalue weighted by Gasteiger charge is 2.26. The van der Waals surface area contributed by atoms with Gasteiger partial charge in [-0.25, -0.2) is 4.98 Å². The number of amides is 1. The largest absolute Gasteiger partial charge is 0.325 e. The lowest BCUT2D eigenvalue weighted by atomic mass is 10.1. The number of aryl methyl sites for hydroxylation is 1. The van der Waals surface area contributed by atoms with Gasteiger partial charge in [-0.15, -0.1) is 0 Å². The van der Waals surface area contributed by atoms with Crippen LogP contribution in [0.15, 0.2) is 107 Å². The Bertz CT molecular complexity index is 1780. The fraction of sp³-hybridized carbons (Fsp3) is 0.100. The van der Waals surface area contributed by atoms with E-state index in [1.54, 1.807) is 36.4 Å². The molecule has 0 aliphatic heterocycles. The Morgan fingerprint density at radius 3 is 2.42 bits per heavy atom. The number of nitro groups is 1. The number of halogens is 1. The van der Waals surface area contributed by atoms with Crippen LogP contribution in [0, 0.1) is 10.1 Å². The number of benzene rings is 4. The van der Waals surface area contributed by atoms with Crippen LogP contribution >= 0.6 is 23.4 Å². The SMILES string of the molecule is CCc1ccc(-n2c(SC(C(=O)Nc3ccc(Cl)c([N+](=O)[O-])c3)c3ccccc3)nc3ccccc3c2=O)cc1. The van der Waals surface area contributed by atoms with E-state index in [0.29, 0.717) is 27.3 Å². The van der Waals surface area contributed by atoms with Crippen LogP contribution in [-0.2, 0) is 11.2 Å². The molecule has 0 spiro atoms. The van der Waals surface area contributed by atoms with Crippen molar-refractivity contribution < 1.29 is 9.72 Å². The number of aromatic nitrogens is 2. The lowest BCUT2D eigenvalue weighted by Crippen LogP contribution is -2.24. The Morgan fingerprint density at radius 2 is 1.73 bits per heavy atom. The Balaban J connectivity index is 1.61. The molecule has 5 rings (SSSR count). The first-order chi connectivity index (χ1) is 19.4. The zero-order valence-corrected chi connectivity index (χ0v) is 22.9. The second-order valence-electron chi connectivity index (χ2n) is 8.89. The summed E-state index contributed by atoms with van der Waals surface area (Å²) in [5.74, 6) is -0.442. The van der Waals surface area contributed by atoms with E-state index < -0.39 is 16.1 Å². The molecule has 0 radical (unpaired) electrons. The number of para-hydroxylation sites is 1. The molecule has 1 atom stereocenters. The van der Waals surface area contributed by atoms with Gasteiger partial charge in [0.25, 0.3) is 11.2 Å². The number of hydrogen-bond donors (Lipinski definition) is 1. The normalized spacial score (nSPS) is 11.8. The van der Waals surface area contributed by atoms with Gasteiger partial charge in [0.05, 0.1) is 21.5 Å². The van der Waals surface area contributed by atoms with Gasteiger partial charge in [0, 0.05) is 11.8 Å². The van der Waals surface area contributed by atoms with Gasteiger partial charge in [-0.3, -0.25) is 24.3 Å². The van der Waals surface area contributed by atoms with Crippen LogP contribution < -0.4 is 10.9 Å². The Labute approximate surface area is 238 Å². The number of nitro benzene ring substituents is 1. The highest BCUT2D eigenvalue weighted by molar-refractivity contribution is 8.00. The van der Waals surface area contributed by atoms with Gasteiger partial charge in [0.2, 0.25) is 5.91 Å². The van der Waals surface area contributed by atoms with Crippen molar-refractivity contribution >= 4 is 51.5 Å². The molecule has 10 heteroatoms. The van der Waals surface area contributed by atoms with Crippen LogP contribution in [0.1, 0.15) is 23.3 Å². The van der Waals surface area contributed by atoms with Crippen LogP contribution in [0.5, 0.6) is 0 Å². The quantitative estimate of drug-likeness (QED) is 0.0933. The molecule has 0 aliphatic carbocycles. The summed E-state index contributed by atoms with van der Waals surface area (Å²) in [6.45, 7) is 2.05. The van der Waals surface area contributed by atoms with Gasteiger partial charge < -0.3 is 5.32 Å². The molecule has 0 saturated heterocycles. The Hall–Kier alpha value is -4.47. The van der Waals surface area contributed by atoms with E-state index in [9.17, 15) is 19.7 Å². The summed E-state index contributed by atoms with van der Waals surface area (Å²) in [5.41, 5.74) is 2.59. The second-order valence-corrected chi connectivity index (χ2v) is 10.4. The van der Waals surface area contributed by atoms with E-state index in [-0.39, 0.29) is 22.0 Å². The van der Waals surface area contributed by atoms with Gasteiger partial charge in [0.15, 0.2) is 5.16 Å². The molecule has 1 heterocycles. The Morgan fingerprint density at radius 1 is 1.02 bits per heavy atom. The van der Waals surface area contributed by atoms with Gasteiger partial charge in [-0.05, 0) is 53.9 Å². The molecule has 4 aromatic carbocycles. The van der Waals surface area contributed by atoms with Crippen LogP contribution in [0.2, 0.25) is 5.02 Å². The van der Waals surface area contributed by atoms with Crippen LogP contribution in [0.3, 0.4) is 0 Å². The van der Waals surface area contributed by atoms with Gasteiger partial charge in [-0.1, -0.05) is 84.9 Å². The monoisotopic (exact) mass is 570 g/mol. The predicted octanol–water partition coefficient (Wildman–Crippen LogP) is 6.98. The molecule has 8 nitrogen and oxygen atoms in total. The average Bonchev–Trinajstić information content (AvgIpc) is 2.97. The van der Waals surface area contributed by atoms with Crippen molar-refractivity contribution in [2.75, 3.05) is 5.32 Å². The number of hydrogen-bond acceptors (Lipinski definition) is 6. The molecular formula is C30H23ClN4O4S. The first-order valence-electron chi connectivity index (χ1n) is 12.4. The lowest BCUT2D eigenvalue weighted by Gasteiger charge is -2.20. The number of carbonyl (C=O) groups excluding carboxylic acids is 1. The van der Waals surface area contributed by atoms with Crippen molar-refractivity contribution in [3.63, 3.8) is 0 Å². The number of thioether (sulfide) groups is 1. The molecule has 0 bridgehead atoms. The molecule has 1 N–H and O–H groups in total. The highest BCUT2D eigenvalue weighted by atomic mass is 35.5. The maximum atomic E-state index is 13.7. The third kappa shape index (κ3) is 5.61. The van der Waals surface area contributed by atoms with Crippen molar-refractivity contribution in [1.82, 2.24) is 9.55 Å². The van der Waals surface area contributed by atoms with E-state index in [1.807, 2.05) is 42.5 Å². The predicted molar refractivity (Wildman–Crippen MR) is 158 cm³/mol. The number of rotatable bonds is 8. The summed E-state index contributed by atoms with van der Waals surface area (Å²) in [4.78, 5) is 43.0. The standard InChI is InChI=1S/C30H23ClN4O4S/c1-2-19-12-15-22(16-13-19)34-29(37)23-10-6-7-11-25(23)33-30(34)40-27(20-8-4-3-5-9-20)28(36)32-21-14-17-24(31)26(18-21)35(38)39/h3-18,27H,2H2,1H3,(H,32,36). The fourth-order valence-electron chi connectivity index (χ4n) is 4.24. The van der Waals surface area contributed by atoms with Crippen molar-refractivity contribution in [3.05, 3.63) is 134 Å². The highest BCUT2D eigenvalue weighted by Crippen LogP contribution is 2.37. The molecule has 1 aromatic heterocycles. The molecule has 200 valence electrons. The first kappa shape index (κ1) is 27.1. The number of fused-ring (bicyclic) bond motifs is 1. The van der Waals surface area contributed by atoms with Crippen molar-refractivity contribution in [3.8, 4) is 5.69 Å². The summed E-state index contributed by atoms with van der Waals surface area (Å²) < 4.78 is 1.52. The van der Waals surface area contributed by atoms with Crippen LogP contribution in [-0.4, -0.2) is 20.4 Å². The third-order valence-corrected chi connectivity index (χ3v) is 7.85. The number of carbonyl (C=O) groups is 1. The topological polar surface area (TPSA) is 107 Å². The molecule has 40 heavy (non-hydrogen) atoms. The summed E-state index contributed by atoms with van der Waals surface area (Å²) in [6, 6.07) is 27.9. The van der Waals surface area contributed by atoms with Gasteiger partial charge in [0.1, 0.15) is 10.3 Å². The van der Waals surface area contributed by atoms with Gasteiger partial charge in [-0.2, -0.15) is 0 Å². The smallest absolute Gasteiger partial charge is 0.289 e. The minimum atomic E-state index is -0.842. The summed E-state index contributed by atoms with van der Waals surface area (Å²) in [5, 5.41) is 14.1. The van der Waals surface area contributed by atoms with E-state index in [4.69, 9.17) is 16.6 Å². The molecule has 0 aliphatic rings.